The molecule has 1 unspecified atom stereocenters. The predicted octanol–water partition coefficient (Wildman–Crippen LogP) is -21.2. The Balaban J connectivity index is 0.978. The molecule has 4 amide bonds. The lowest BCUT2D eigenvalue weighted by Crippen LogP contribution is -2.71. The molecule has 0 aromatic rings. The second kappa shape index (κ2) is 43.6. The van der Waals surface area contributed by atoms with Crippen LogP contribution in [0.3, 0.4) is 0 Å². The van der Waals surface area contributed by atoms with Crippen molar-refractivity contribution in [2.75, 3.05) is 59.5 Å². The van der Waals surface area contributed by atoms with Crippen LogP contribution >= 0.6 is 0 Å². The van der Waals surface area contributed by atoms with Crippen molar-refractivity contribution >= 4 is 23.6 Å². The fraction of sp³-hybridized carbons (Fsp3) is 0.941. The summed E-state index contributed by atoms with van der Waals surface area (Å²) in [6.07, 6.45) is -95.8. The molecule has 54 heteroatoms. The smallest absolute Gasteiger partial charge is 0.217 e. The van der Waals surface area contributed by atoms with E-state index in [9.17, 15) is 157 Å². The molecule has 10 fully saturated rings. The predicted molar refractivity (Wildman–Crippen MR) is 375 cm³/mol. The zero-order chi connectivity index (χ0) is 89.8. The summed E-state index contributed by atoms with van der Waals surface area (Å²) in [4.78, 5) is 51.4. The SMILES string of the molecule is CC(=O)N[C@H]1[C@H](O[C@H]2[C@H](O)[C@@H](NC(C)=O)C(O)O[C@@H]2CO)O[C@H](CO)[C@@H](O[C@@H]2O[C@H](CO[C@H]3O[C@H](CO)[C@@H](O)[C@H](O)[C@@H]3O[C@@H]3O[C@H](CO)[C@@H](O[C@@H]4O[C@H](CO)[C@H](O)[C@H](O)[C@H]4O)[C@H](O)[C@H]3NC(C)=O)[C@@H](O)[C@H](O[C@H]3O[C@H](CO)[C@@H](O)[C@H](O)[C@@H]3O[C@@H]3O[C@H](CO)[C@@H](O[C@@H]4O[C@H](CO)[C@H](O)[C@H](O)[C@H]4O[C@@H]4O[C@@H](C)[C@@H](O)[C@@H](O)[C@@H]4O)[C@H](O)[C@H]3NC(C)=O)[C@@H]2O)[C@@H]1O. The Morgan fingerprint density at radius 1 is 0.230 bits per heavy atom. The highest BCUT2D eigenvalue weighted by atomic mass is 16.8. The first kappa shape index (κ1) is 100. The first-order chi connectivity index (χ1) is 57.7. The van der Waals surface area contributed by atoms with Crippen LogP contribution in [-0.2, 0) is 109 Å². The van der Waals surface area contributed by atoms with E-state index in [2.05, 4.69) is 21.3 Å². The second-order valence-electron chi connectivity index (χ2n) is 31.0. The van der Waals surface area contributed by atoms with Crippen molar-refractivity contribution < 1.29 is 247 Å². The molecule has 0 bridgehead atoms. The van der Waals surface area contributed by atoms with Gasteiger partial charge < -0.3 is 249 Å². The normalized spacial score (nSPS) is 49.7. The van der Waals surface area contributed by atoms with Crippen molar-refractivity contribution in [3.8, 4) is 0 Å². The quantitative estimate of drug-likeness (QED) is 0.0306. The third-order valence-corrected chi connectivity index (χ3v) is 22.4. The maximum Gasteiger partial charge on any atom is 0.217 e. The minimum Gasteiger partial charge on any atom is -0.394 e. The van der Waals surface area contributed by atoms with Crippen molar-refractivity contribution in [3.63, 3.8) is 0 Å². The number of nitrogens with one attached hydrogen (secondary N) is 4. The molecule has 0 aromatic carbocycles. The van der Waals surface area contributed by atoms with Gasteiger partial charge >= 0.3 is 0 Å². The molecular formula is C68H114N4O50. The van der Waals surface area contributed by atoms with E-state index in [0.29, 0.717) is 0 Å². The molecule has 10 saturated heterocycles. The summed E-state index contributed by atoms with van der Waals surface area (Å²) < 4.78 is 113. The van der Waals surface area contributed by atoms with E-state index in [4.69, 9.17) is 90.0 Å². The average molecular weight is 1790 g/mol. The summed E-state index contributed by atoms with van der Waals surface area (Å²) in [5.41, 5.74) is 0. The van der Waals surface area contributed by atoms with Crippen LogP contribution < -0.4 is 21.3 Å². The highest BCUT2D eigenvalue weighted by molar-refractivity contribution is 5.74. The first-order valence-electron chi connectivity index (χ1n) is 39.0. The summed E-state index contributed by atoms with van der Waals surface area (Å²) in [6, 6.07) is -7.59. The number of amides is 4. The first-order valence-corrected chi connectivity index (χ1v) is 39.0. The van der Waals surface area contributed by atoms with Crippen LogP contribution in [0.5, 0.6) is 0 Å². The molecular weight excluding hydrogens is 1670 g/mol. The van der Waals surface area contributed by atoms with Crippen molar-refractivity contribution in [2.45, 2.75) is 341 Å². The van der Waals surface area contributed by atoms with E-state index in [1.165, 1.54) is 6.92 Å². The average Bonchev–Trinajstić information content (AvgIpc) is 0.768. The van der Waals surface area contributed by atoms with Crippen LogP contribution in [0, 0.1) is 0 Å². The monoisotopic (exact) mass is 1790 g/mol. The molecule has 50 atom stereocenters. The Hall–Kier alpha value is -3.96. The molecule has 0 radical (unpaired) electrons. The molecule has 10 aliphatic heterocycles. The Morgan fingerprint density at radius 3 is 0.861 bits per heavy atom. The highest BCUT2D eigenvalue weighted by Gasteiger charge is 2.62. The number of carbonyl (C=O) groups is 4. The van der Waals surface area contributed by atoms with Gasteiger partial charge in [0.2, 0.25) is 23.6 Å². The van der Waals surface area contributed by atoms with Crippen molar-refractivity contribution in [1.29, 1.82) is 0 Å². The lowest BCUT2D eigenvalue weighted by Gasteiger charge is -2.51. The van der Waals surface area contributed by atoms with Gasteiger partial charge in [-0.3, -0.25) is 19.2 Å². The van der Waals surface area contributed by atoms with Crippen molar-refractivity contribution in [2.24, 2.45) is 0 Å². The molecule has 10 heterocycles. The third-order valence-electron chi connectivity index (χ3n) is 22.4. The van der Waals surface area contributed by atoms with Crippen molar-refractivity contribution in [1.82, 2.24) is 21.3 Å². The standard InChI is InChI=1S/C68H114N4O50/c1-15-33(85)43(95)48(100)63(105-15)122-58-47(99)37(89)22(8-75)109-67(58)118-54-27(13-80)113-62(32(42(54)94)72-19(5)84)121-57-46(98)36(88)23(9-76)110-68(57)119-55-38(90)28(114-65(50(55)102)117-53-26(12-79)111-60(30(40(53)92)70-17(3)82)115-51-24(10-77)106-59(103)29(39(51)91)69-16(2)81)14-104-66-56(45(97)35(87)21(7-74)108-66)120-61-31(71-18(4)83)41(93)52(25(11-78)112-61)116-64-49(101)44(96)34(86)20(6-73)107-64/h15,20-68,73-80,85-103H,6-14H2,1-5H3,(H,69,81)(H,70,82)(H,71,83)(H,72,84)/t15-,20+,21+,22+,23+,24+,25+,26+,27+,28+,29+,30+,31+,32+,33+,34-,35+,36+,37-,38+,39+,40+,41+,42+,43+,44-,45-,46-,47-,48-,49+,50-,51+,52+,53+,54+,55-,56-,57-,58+,59?,60-,61-,62-,63-,64-,65-,66-,67-,68+/m0/s1. The van der Waals surface area contributed by atoms with Crippen LogP contribution in [0.2, 0.25) is 0 Å². The second-order valence-corrected chi connectivity index (χ2v) is 31.0. The molecule has 0 spiro atoms. The number of ether oxygens (including phenoxy) is 19. The van der Waals surface area contributed by atoms with Gasteiger partial charge in [0.05, 0.1) is 65.6 Å². The molecule has 0 saturated carbocycles. The van der Waals surface area contributed by atoms with Crippen LogP contribution in [0.25, 0.3) is 0 Å². The van der Waals surface area contributed by atoms with Gasteiger partial charge in [-0.05, 0) is 6.92 Å². The third kappa shape index (κ3) is 21.9. The summed E-state index contributed by atoms with van der Waals surface area (Å²) in [6.45, 7) is -5.11. The van der Waals surface area contributed by atoms with E-state index in [1.54, 1.807) is 0 Å². The zero-order valence-corrected chi connectivity index (χ0v) is 65.7. The van der Waals surface area contributed by atoms with E-state index in [-0.39, 0.29) is 0 Å². The summed E-state index contributed by atoms with van der Waals surface area (Å²) in [7, 11) is 0. The van der Waals surface area contributed by atoms with Gasteiger partial charge in [-0.15, -0.1) is 0 Å². The Bertz CT molecular complexity index is 3290. The lowest BCUT2D eigenvalue weighted by molar-refractivity contribution is -0.401. The van der Waals surface area contributed by atoms with Gasteiger partial charge in [-0.1, -0.05) is 0 Å². The van der Waals surface area contributed by atoms with Crippen LogP contribution in [0.4, 0.5) is 0 Å². The minimum absolute atomic E-state index is 0.799. The molecule has 10 rings (SSSR count). The van der Waals surface area contributed by atoms with Crippen LogP contribution in [-0.4, -0.2) is 528 Å². The molecule has 0 aromatic heterocycles. The van der Waals surface area contributed by atoms with E-state index >= 15 is 0 Å². The van der Waals surface area contributed by atoms with Gasteiger partial charge in [0.1, 0.15) is 238 Å². The molecule has 54 nitrogen and oxygen atoms in total. The number of aliphatic hydroxyl groups is 27. The molecule has 31 N–H and O–H groups in total. The highest BCUT2D eigenvalue weighted by Crippen LogP contribution is 2.41. The Labute approximate surface area is 691 Å². The van der Waals surface area contributed by atoms with E-state index < -0.39 is 390 Å². The van der Waals surface area contributed by atoms with Gasteiger partial charge in [-0.2, -0.15) is 0 Å². The Morgan fingerprint density at radius 2 is 0.484 bits per heavy atom. The molecule has 122 heavy (non-hydrogen) atoms. The largest absolute Gasteiger partial charge is 0.394 e. The zero-order valence-electron chi connectivity index (χ0n) is 65.7. The van der Waals surface area contributed by atoms with Gasteiger partial charge in [0.25, 0.3) is 0 Å². The molecule has 706 valence electrons. The number of rotatable bonds is 31. The van der Waals surface area contributed by atoms with Gasteiger partial charge in [0.15, 0.2) is 62.9 Å². The fourth-order valence-corrected chi connectivity index (χ4v) is 15.9. The molecule has 10 aliphatic rings. The van der Waals surface area contributed by atoms with E-state index in [1.807, 2.05) is 0 Å². The Kier molecular flexibility index (Phi) is 35.8. The topological polar surface area (TPSA) is 838 Å². The summed E-state index contributed by atoms with van der Waals surface area (Å²) in [5.74, 6) is -3.71. The maximum atomic E-state index is 13.2. The summed E-state index contributed by atoms with van der Waals surface area (Å²) >= 11 is 0. The van der Waals surface area contributed by atoms with Crippen LogP contribution in [0.1, 0.15) is 34.6 Å². The van der Waals surface area contributed by atoms with E-state index in [0.717, 1.165) is 27.7 Å². The fourth-order valence-electron chi connectivity index (χ4n) is 15.9. The minimum atomic E-state index is -2.62. The van der Waals surface area contributed by atoms with Gasteiger partial charge in [0, 0.05) is 27.7 Å². The number of hydrogen-bond acceptors (Lipinski definition) is 50. The summed E-state index contributed by atoms with van der Waals surface area (Å²) in [5, 5.41) is 311. The van der Waals surface area contributed by atoms with Crippen molar-refractivity contribution in [3.05, 3.63) is 0 Å². The van der Waals surface area contributed by atoms with Gasteiger partial charge in [-0.25, -0.2) is 0 Å². The number of aliphatic hydroxyl groups excluding tert-OH is 27. The molecule has 0 aliphatic carbocycles. The number of carbonyl (C=O) groups excluding carboxylic acids is 4. The number of hydrogen-bond donors (Lipinski definition) is 31. The maximum absolute atomic E-state index is 13.2. The lowest BCUT2D eigenvalue weighted by atomic mass is 9.93. The van der Waals surface area contributed by atoms with Crippen LogP contribution in [0.15, 0.2) is 0 Å².